The van der Waals surface area contributed by atoms with Crippen LogP contribution in [0, 0.1) is 0 Å². The molecule has 1 saturated heterocycles. The largest absolute Gasteiger partial charge is 0.497 e. The Morgan fingerprint density at radius 2 is 1.84 bits per heavy atom. The molecule has 0 radical (unpaired) electrons. The molecule has 32 heavy (non-hydrogen) atoms. The number of sulfonamides is 1. The van der Waals surface area contributed by atoms with Gasteiger partial charge in [-0.3, -0.25) is 10.1 Å². The molecule has 1 aliphatic heterocycles. The highest BCUT2D eigenvalue weighted by Gasteiger charge is 2.27. The van der Waals surface area contributed by atoms with E-state index in [-0.39, 0.29) is 10.8 Å². The van der Waals surface area contributed by atoms with Crippen molar-refractivity contribution in [3.63, 3.8) is 0 Å². The lowest BCUT2D eigenvalue weighted by molar-refractivity contribution is -0.111. The van der Waals surface area contributed by atoms with E-state index in [1.54, 1.807) is 31.4 Å². The molecule has 0 unspecified atom stereocenters. The number of piperazine rings is 1. The van der Waals surface area contributed by atoms with Crippen LogP contribution in [0.3, 0.4) is 0 Å². The van der Waals surface area contributed by atoms with Crippen molar-refractivity contribution in [3.8, 4) is 5.75 Å². The third-order valence-corrected chi connectivity index (χ3v) is 8.06. The first-order valence-electron chi connectivity index (χ1n) is 10.1. The Bertz CT molecular complexity index is 1240. The summed E-state index contributed by atoms with van der Waals surface area (Å²) in [6, 6.07) is 12.2. The van der Waals surface area contributed by atoms with Crippen LogP contribution in [0.5, 0.6) is 5.75 Å². The summed E-state index contributed by atoms with van der Waals surface area (Å²) in [4.78, 5) is 19.0. The zero-order valence-electron chi connectivity index (χ0n) is 17.8. The van der Waals surface area contributed by atoms with E-state index >= 15 is 0 Å². The summed E-state index contributed by atoms with van der Waals surface area (Å²) >= 11 is 1.24. The van der Waals surface area contributed by atoms with Gasteiger partial charge in [0.05, 0.1) is 22.2 Å². The maximum Gasteiger partial charge on any atom is 0.250 e. The minimum absolute atomic E-state index is 0.246. The average molecular weight is 473 g/mol. The summed E-state index contributed by atoms with van der Waals surface area (Å²) in [5.41, 5.74) is 1.51. The summed E-state index contributed by atoms with van der Waals surface area (Å²) < 4.78 is 33.3. The minimum Gasteiger partial charge on any atom is -0.497 e. The van der Waals surface area contributed by atoms with Crippen LogP contribution in [0.4, 0.5) is 5.13 Å². The van der Waals surface area contributed by atoms with E-state index in [0.29, 0.717) is 41.5 Å². The van der Waals surface area contributed by atoms with Gasteiger partial charge < -0.3 is 9.64 Å². The van der Waals surface area contributed by atoms with Gasteiger partial charge in [-0.15, -0.1) is 0 Å². The van der Waals surface area contributed by atoms with Crippen LogP contribution in [0.2, 0.25) is 0 Å². The Balaban J connectivity index is 1.46. The molecule has 2 heterocycles. The predicted molar refractivity (Wildman–Crippen MR) is 127 cm³/mol. The van der Waals surface area contributed by atoms with E-state index in [0.717, 1.165) is 11.3 Å². The van der Waals surface area contributed by atoms with E-state index in [4.69, 9.17) is 4.74 Å². The molecule has 1 amide bonds. The fourth-order valence-corrected chi connectivity index (χ4v) is 5.76. The number of rotatable bonds is 6. The van der Waals surface area contributed by atoms with Crippen LogP contribution in [0.1, 0.15) is 5.56 Å². The van der Waals surface area contributed by atoms with E-state index in [1.165, 1.54) is 21.7 Å². The fourth-order valence-electron chi connectivity index (χ4n) is 3.33. The average Bonchev–Trinajstić information content (AvgIpc) is 3.19. The lowest BCUT2D eigenvalue weighted by Gasteiger charge is -2.31. The van der Waals surface area contributed by atoms with E-state index in [1.807, 2.05) is 31.3 Å². The number of aromatic nitrogens is 1. The lowest BCUT2D eigenvalue weighted by Crippen LogP contribution is -2.46. The number of nitrogens with one attached hydrogen (secondary N) is 1. The van der Waals surface area contributed by atoms with Gasteiger partial charge in [0.25, 0.3) is 0 Å². The predicted octanol–water partition coefficient (Wildman–Crippen LogP) is 2.89. The summed E-state index contributed by atoms with van der Waals surface area (Å²) in [5.74, 6) is 0.431. The SMILES string of the molecule is COc1ccc(/C=C/C(=O)Nc2nc3ccc(S(=O)(=O)N4CCN(C)CC4)cc3s2)cc1. The van der Waals surface area contributed by atoms with Crippen molar-refractivity contribution in [3.05, 3.63) is 54.1 Å². The second-order valence-corrected chi connectivity index (χ2v) is 10.4. The lowest BCUT2D eigenvalue weighted by atomic mass is 10.2. The molecule has 0 saturated carbocycles. The molecular weight excluding hydrogens is 448 g/mol. The smallest absolute Gasteiger partial charge is 0.250 e. The van der Waals surface area contributed by atoms with Gasteiger partial charge in [0.2, 0.25) is 15.9 Å². The van der Waals surface area contributed by atoms with E-state index < -0.39 is 10.0 Å². The minimum atomic E-state index is -3.56. The van der Waals surface area contributed by atoms with Gasteiger partial charge in [0, 0.05) is 32.3 Å². The van der Waals surface area contributed by atoms with Crippen molar-refractivity contribution < 1.29 is 17.9 Å². The second kappa shape index (κ2) is 9.37. The number of carbonyl (C=O) groups is 1. The molecule has 1 aromatic heterocycles. The van der Waals surface area contributed by atoms with Crippen LogP contribution in [0.15, 0.2) is 53.4 Å². The number of amides is 1. The molecule has 1 N–H and O–H groups in total. The molecule has 1 aliphatic rings. The number of ether oxygens (including phenoxy) is 1. The highest BCUT2D eigenvalue weighted by Crippen LogP contribution is 2.29. The molecule has 4 rings (SSSR count). The van der Waals surface area contributed by atoms with Crippen molar-refractivity contribution in [2.75, 3.05) is 45.7 Å². The molecule has 0 bridgehead atoms. The van der Waals surface area contributed by atoms with Gasteiger partial charge in [-0.2, -0.15) is 4.31 Å². The third kappa shape index (κ3) is 4.99. The standard InChI is InChI=1S/C22H24N4O4S2/c1-25-11-13-26(14-12-25)32(28,29)18-8-9-19-20(15-18)31-22(23-19)24-21(27)10-5-16-3-6-17(30-2)7-4-16/h3-10,15H,11-14H2,1-2H3,(H,23,24,27)/b10-5+. The highest BCUT2D eigenvalue weighted by molar-refractivity contribution is 7.89. The summed E-state index contributed by atoms with van der Waals surface area (Å²) in [6.45, 7) is 2.37. The molecule has 168 valence electrons. The Morgan fingerprint density at radius 3 is 2.53 bits per heavy atom. The zero-order chi connectivity index (χ0) is 22.7. The topological polar surface area (TPSA) is 91.8 Å². The first kappa shape index (κ1) is 22.4. The maximum absolute atomic E-state index is 13.0. The van der Waals surface area contributed by atoms with Crippen molar-refractivity contribution in [1.82, 2.24) is 14.2 Å². The van der Waals surface area contributed by atoms with Gasteiger partial charge in [0.1, 0.15) is 5.75 Å². The number of anilines is 1. The van der Waals surface area contributed by atoms with Gasteiger partial charge in [-0.25, -0.2) is 13.4 Å². The third-order valence-electron chi connectivity index (χ3n) is 5.23. The molecule has 10 heteroatoms. The monoisotopic (exact) mass is 472 g/mol. The Kier molecular flexibility index (Phi) is 6.56. The van der Waals surface area contributed by atoms with E-state index in [2.05, 4.69) is 15.2 Å². The number of nitrogens with zero attached hydrogens (tertiary/aromatic N) is 3. The van der Waals surface area contributed by atoms with Crippen molar-refractivity contribution in [2.45, 2.75) is 4.90 Å². The molecule has 8 nitrogen and oxygen atoms in total. The maximum atomic E-state index is 13.0. The number of hydrogen-bond donors (Lipinski definition) is 1. The van der Waals surface area contributed by atoms with Crippen LogP contribution in [-0.4, -0.2) is 68.9 Å². The van der Waals surface area contributed by atoms with Gasteiger partial charge in [-0.05, 0) is 49.0 Å². The molecule has 0 aliphatic carbocycles. The first-order valence-corrected chi connectivity index (χ1v) is 12.3. The fraction of sp³-hybridized carbons (Fsp3) is 0.273. The second-order valence-electron chi connectivity index (χ2n) is 7.45. The highest BCUT2D eigenvalue weighted by atomic mass is 32.2. The van der Waals surface area contributed by atoms with Crippen molar-refractivity contribution in [1.29, 1.82) is 0 Å². The van der Waals surface area contributed by atoms with Gasteiger partial charge in [0.15, 0.2) is 5.13 Å². The number of benzene rings is 2. The molecule has 3 aromatic rings. The molecule has 2 aromatic carbocycles. The van der Waals surface area contributed by atoms with Crippen LogP contribution in [-0.2, 0) is 14.8 Å². The molecule has 0 spiro atoms. The Hall–Kier alpha value is -2.79. The number of methoxy groups -OCH3 is 1. The van der Waals surface area contributed by atoms with Crippen molar-refractivity contribution in [2.24, 2.45) is 0 Å². The Morgan fingerprint density at radius 1 is 1.12 bits per heavy atom. The number of thiazole rings is 1. The summed E-state index contributed by atoms with van der Waals surface area (Å²) in [5, 5.41) is 3.16. The normalized spacial score (nSPS) is 15.9. The number of fused-ring (bicyclic) bond motifs is 1. The van der Waals surface area contributed by atoms with Gasteiger partial charge in [-0.1, -0.05) is 23.5 Å². The van der Waals surface area contributed by atoms with Crippen LogP contribution < -0.4 is 10.1 Å². The van der Waals surface area contributed by atoms with E-state index in [9.17, 15) is 13.2 Å². The number of likely N-dealkylation sites (N-methyl/N-ethyl adjacent to an activating group) is 1. The number of carbonyl (C=O) groups excluding carboxylic acids is 1. The Labute approximate surface area is 191 Å². The molecule has 0 atom stereocenters. The number of hydrogen-bond acceptors (Lipinski definition) is 7. The zero-order valence-corrected chi connectivity index (χ0v) is 19.4. The molecule has 1 fully saturated rings. The summed E-state index contributed by atoms with van der Waals surface area (Å²) in [6.07, 6.45) is 3.12. The van der Waals surface area contributed by atoms with Crippen molar-refractivity contribution >= 4 is 48.7 Å². The van der Waals surface area contributed by atoms with Crippen LogP contribution >= 0.6 is 11.3 Å². The first-order chi connectivity index (χ1) is 15.3. The van der Waals surface area contributed by atoms with Crippen LogP contribution in [0.25, 0.3) is 16.3 Å². The van der Waals surface area contributed by atoms with Gasteiger partial charge >= 0.3 is 0 Å². The molecular formula is C22H24N4O4S2. The quantitative estimate of drug-likeness (QED) is 0.555. The summed E-state index contributed by atoms with van der Waals surface area (Å²) in [7, 11) is 0.0228.